The van der Waals surface area contributed by atoms with Crippen molar-refractivity contribution >= 4 is 28.3 Å². The fourth-order valence-electron chi connectivity index (χ4n) is 0.805. The van der Waals surface area contributed by atoms with Gasteiger partial charge in [-0.15, -0.1) is 0 Å². The van der Waals surface area contributed by atoms with E-state index in [-0.39, 0.29) is 0 Å². The molecule has 66 valence electrons. The van der Waals surface area contributed by atoms with E-state index in [0.717, 1.165) is 5.75 Å². The van der Waals surface area contributed by atoms with E-state index in [4.69, 9.17) is 17.5 Å². The molecule has 1 aromatic carbocycles. The molecule has 0 aromatic heterocycles. The summed E-state index contributed by atoms with van der Waals surface area (Å²) in [5.41, 5.74) is 1.20. The van der Waals surface area contributed by atoms with E-state index in [0.29, 0.717) is 4.32 Å². The van der Waals surface area contributed by atoms with Gasteiger partial charge in [-0.25, -0.2) is 0 Å². The van der Waals surface area contributed by atoms with E-state index in [1.54, 1.807) is 6.19 Å². The lowest BCUT2D eigenvalue weighted by Gasteiger charge is -2.00. The van der Waals surface area contributed by atoms with Crippen molar-refractivity contribution in [2.75, 3.05) is 0 Å². The Morgan fingerprint density at radius 1 is 1.46 bits per heavy atom. The Balaban J connectivity index is 2.36. The van der Waals surface area contributed by atoms with Crippen LogP contribution in [0.15, 0.2) is 30.3 Å². The number of nitriles is 1. The van der Waals surface area contributed by atoms with E-state index in [2.05, 4.69) is 5.32 Å². The van der Waals surface area contributed by atoms with Gasteiger partial charge in [-0.2, -0.15) is 5.26 Å². The smallest absolute Gasteiger partial charge is 0.182 e. The lowest BCUT2D eigenvalue weighted by molar-refractivity contribution is 1.31. The average Bonchev–Trinajstić information content (AvgIpc) is 2.17. The summed E-state index contributed by atoms with van der Waals surface area (Å²) < 4.78 is 0.520. The number of nitrogens with one attached hydrogen (secondary N) is 1. The van der Waals surface area contributed by atoms with E-state index in [9.17, 15) is 0 Å². The molecule has 13 heavy (non-hydrogen) atoms. The topological polar surface area (TPSA) is 35.8 Å². The summed E-state index contributed by atoms with van der Waals surface area (Å²) >= 11 is 6.33. The molecule has 0 aliphatic rings. The summed E-state index contributed by atoms with van der Waals surface area (Å²) in [6, 6.07) is 10.00. The number of hydrogen-bond donors (Lipinski definition) is 1. The highest BCUT2D eigenvalue weighted by atomic mass is 32.2. The molecule has 0 aliphatic heterocycles. The first kappa shape index (κ1) is 10.0. The van der Waals surface area contributed by atoms with E-state index in [1.165, 1.54) is 17.3 Å². The summed E-state index contributed by atoms with van der Waals surface area (Å²) in [6.45, 7) is 0. The van der Waals surface area contributed by atoms with Crippen molar-refractivity contribution in [2.45, 2.75) is 5.75 Å². The highest BCUT2D eigenvalue weighted by molar-refractivity contribution is 8.22. The highest BCUT2D eigenvalue weighted by Crippen LogP contribution is 2.11. The van der Waals surface area contributed by atoms with Crippen molar-refractivity contribution in [1.82, 2.24) is 5.32 Å². The standard InChI is InChI=1S/C9H8N2S2/c10-7-11-9(12)13-6-8-4-2-1-3-5-8/h1-5H,6H2,(H,11,12). The molecular formula is C9H8N2S2. The third-order valence-corrected chi connectivity index (χ3v) is 2.67. The van der Waals surface area contributed by atoms with Crippen LogP contribution in [-0.4, -0.2) is 4.32 Å². The molecule has 0 atom stereocenters. The second kappa shape index (κ2) is 5.57. The van der Waals surface area contributed by atoms with Gasteiger partial charge >= 0.3 is 0 Å². The molecule has 2 nitrogen and oxygen atoms in total. The van der Waals surface area contributed by atoms with Crippen LogP contribution in [0.25, 0.3) is 0 Å². The quantitative estimate of drug-likeness (QED) is 0.459. The predicted octanol–water partition coefficient (Wildman–Crippen LogP) is 2.28. The molecule has 0 bridgehead atoms. The third-order valence-electron chi connectivity index (χ3n) is 1.37. The highest BCUT2D eigenvalue weighted by Gasteiger charge is 1.96. The minimum Gasteiger partial charge on any atom is -0.278 e. The van der Waals surface area contributed by atoms with Crippen LogP contribution >= 0.6 is 24.0 Å². The molecule has 0 fully saturated rings. The van der Waals surface area contributed by atoms with Crippen LogP contribution in [0.2, 0.25) is 0 Å². The van der Waals surface area contributed by atoms with Crippen LogP contribution in [0.1, 0.15) is 5.56 Å². The second-order valence-corrected chi connectivity index (χ2v) is 3.95. The van der Waals surface area contributed by atoms with Crippen LogP contribution in [-0.2, 0) is 5.75 Å². The fraction of sp³-hybridized carbons (Fsp3) is 0.111. The van der Waals surface area contributed by atoms with Crippen molar-refractivity contribution < 1.29 is 0 Å². The monoisotopic (exact) mass is 208 g/mol. The lowest BCUT2D eigenvalue weighted by Crippen LogP contribution is -2.10. The second-order valence-electron chi connectivity index (χ2n) is 2.30. The maximum atomic E-state index is 8.27. The first-order valence-corrected chi connectivity index (χ1v) is 5.08. The van der Waals surface area contributed by atoms with Crippen LogP contribution in [0.5, 0.6) is 0 Å². The number of nitrogens with zero attached hydrogens (tertiary/aromatic N) is 1. The predicted molar refractivity (Wildman–Crippen MR) is 59.1 cm³/mol. The lowest BCUT2D eigenvalue weighted by atomic mass is 10.2. The Kier molecular flexibility index (Phi) is 4.30. The summed E-state index contributed by atoms with van der Waals surface area (Å²) in [7, 11) is 0. The first-order valence-electron chi connectivity index (χ1n) is 3.68. The van der Waals surface area contributed by atoms with E-state index >= 15 is 0 Å². The Morgan fingerprint density at radius 2 is 2.15 bits per heavy atom. The number of rotatable bonds is 2. The van der Waals surface area contributed by atoms with Crippen molar-refractivity contribution in [3.05, 3.63) is 35.9 Å². The molecule has 0 saturated heterocycles. The van der Waals surface area contributed by atoms with Crippen LogP contribution < -0.4 is 5.32 Å². The maximum absolute atomic E-state index is 8.27. The first-order chi connectivity index (χ1) is 6.33. The molecule has 1 N–H and O–H groups in total. The molecule has 0 heterocycles. The molecule has 0 unspecified atom stereocenters. The minimum absolute atomic E-state index is 0.520. The molecule has 1 aromatic rings. The number of thioether (sulfide) groups is 1. The van der Waals surface area contributed by atoms with Gasteiger partial charge < -0.3 is 0 Å². The van der Waals surface area contributed by atoms with Crippen LogP contribution in [0, 0.1) is 11.5 Å². The van der Waals surface area contributed by atoms with Gasteiger partial charge in [0.2, 0.25) is 0 Å². The van der Waals surface area contributed by atoms with Gasteiger partial charge in [-0.3, -0.25) is 5.32 Å². The van der Waals surface area contributed by atoms with Crippen molar-refractivity contribution in [3.63, 3.8) is 0 Å². The molecule has 0 saturated carbocycles. The van der Waals surface area contributed by atoms with Gasteiger partial charge in [-0.1, -0.05) is 54.3 Å². The zero-order chi connectivity index (χ0) is 9.52. The Hall–Kier alpha value is -1.05. The third kappa shape index (κ3) is 3.92. The van der Waals surface area contributed by atoms with Crippen molar-refractivity contribution in [1.29, 1.82) is 5.26 Å². The average molecular weight is 208 g/mol. The Bertz CT molecular complexity index is 316. The van der Waals surface area contributed by atoms with Gasteiger partial charge in [0, 0.05) is 5.75 Å². The van der Waals surface area contributed by atoms with Crippen LogP contribution in [0.4, 0.5) is 0 Å². The van der Waals surface area contributed by atoms with Gasteiger partial charge in [0.05, 0.1) is 0 Å². The zero-order valence-electron chi connectivity index (χ0n) is 6.86. The minimum atomic E-state index is 0.520. The molecule has 0 spiro atoms. The van der Waals surface area contributed by atoms with Crippen molar-refractivity contribution in [3.8, 4) is 6.19 Å². The van der Waals surface area contributed by atoms with Gasteiger partial charge in [-0.05, 0) is 5.56 Å². The molecule has 4 heteroatoms. The van der Waals surface area contributed by atoms with Gasteiger partial charge in [0.25, 0.3) is 0 Å². The van der Waals surface area contributed by atoms with Crippen LogP contribution in [0.3, 0.4) is 0 Å². The summed E-state index contributed by atoms with van der Waals surface area (Å²) in [5.74, 6) is 0.800. The fourth-order valence-corrected chi connectivity index (χ4v) is 1.64. The summed E-state index contributed by atoms with van der Waals surface area (Å²) in [5, 5.41) is 10.7. The maximum Gasteiger partial charge on any atom is 0.182 e. The Labute approximate surface area is 87.0 Å². The number of hydrogen-bond acceptors (Lipinski definition) is 3. The number of thiocarbonyl (C=S) groups is 1. The normalized spacial score (nSPS) is 8.85. The SMILES string of the molecule is N#CNC(=S)SCc1ccccc1. The largest absolute Gasteiger partial charge is 0.278 e. The molecule has 1 rings (SSSR count). The number of benzene rings is 1. The zero-order valence-corrected chi connectivity index (χ0v) is 8.49. The summed E-state index contributed by atoms with van der Waals surface area (Å²) in [4.78, 5) is 0. The molecular weight excluding hydrogens is 200 g/mol. The molecule has 0 aliphatic carbocycles. The van der Waals surface area contributed by atoms with Gasteiger partial charge in [0.1, 0.15) is 4.32 Å². The summed E-state index contributed by atoms with van der Waals surface area (Å²) in [6.07, 6.45) is 1.79. The van der Waals surface area contributed by atoms with E-state index < -0.39 is 0 Å². The van der Waals surface area contributed by atoms with Crippen molar-refractivity contribution in [2.24, 2.45) is 0 Å². The Morgan fingerprint density at radius 3 is 2.77 bits per heavy atom. The molecule has 0 amide bonds. The van der Waals surface area contributed by atoms with Gasteiger partial charge in [0.15, 0.2) is 6.19 Å². The molecule has 0 radical (unpaired) electrons. The van der Waals surface area contributed by atoms with E-state index in [1.807, 2.05) is 30.3 Å².